The van der Waals surface area contributed by atoms with Gasteiger partial charge in [0, 0.05) is 17.4 Å². The van der Waals surface area contributed by atoms with Crippen molar-refractivity contribution in [2.24, 2.45) is 5.41 Å². The number of benzene rings is 2. The van der Waals surface area contributed by atoms with E-state index in [1.54, 1.807) is 0 Å². The Morgan fingerprint density at radius 2 is 2.13 bits per heavy atom. The molecule has 1 N–H and O–H groups in total. The molecule has 116 valence electrons. The third kappa shape index (κ3) is 2.09. The number of hydrogen-bond donors (Lipinski definition) is 1. The zero-order chi connectivity index (χ0) is 16.0. The van der Waals surface area contributed by atoms with Gasteiger partial charge in [0.25, 0.3) is 0 Å². The van der Waals surface area contributed by atoms with E-state index in [0.29, 0.717) is 11.7 Å². The molecule has 0 spiro atoms. The van der Waals surface area contributed by atoms with Crippen LogP contribution in [-0.4, -0.2) is 5.11 Å². The van der Waals surface area contributed by atoms with Crippen molar-refractivity contribution in [2.45, 2.75) is 45.4 Å². The van der Waals surface area contributed by atoms with Gasteiger partial charge in [0.15, 0.2) is 0 Å². The van der Waals surface area contributed by atoms with E-state index in [4.69, 9.17) is 0 Å². The molecule has 0 saturated carbocycles. The second kappa shape index (κ2) is 5.17. The summed E-state index contributed by atoms with van der Waals surface area (Å²) in [5, 5.41) is 12.2. The zero-order valence-electron chi connectivity index (χ0n) is 13.8. The van der Waals surface area contributed by atoms with Crippen molar-refractivity contribution in [1.82, 2.24) is 0 Å². The van der Waals surface area contributed by atoms with Gasteiger partial charge in [0.2, 0.25) is 0 Å². The summed E-state index contributed by atoms with van der Waals surface area (Å²) in [5.41, 5.74) is 4.50. The first kappa shape index (κ1) is 14.4. The molecule has 1 unspecified atom stereocenters. The Labute approximate surface area is 138 Å². The normalized spacial score (nSPS) is 25.3. The fourth-order valence-corrected chi connectivity index (χ4v) is 4.46. The predicted molar refractivity (Wildman–Crippen MR) is 95.5 cm³/mol. The van der Waals surface area contributed by atoms with Crippen LogP contribution in [0.1, 0.15) is 50.2 Å². The third-order valence-corrected chi connectivity index (χ3v) is 5.76. The Bertz CT molecular complexity index is 878. The van der Waals surface area contributed by atoms with Gasteiger partial charge in [-0.25, -0.2) is 0 Å². The standard InChI is InChI=1S/C22H22O/c1-3-4-5-16-7-11-21-20-9-6-15-14-17(23)8-10-18(15)19(20)12-13-22(16,21)2/h6-10,14,21,23H,3,11-13H2,1-2H3/t21?,22-/m1/s1. The summed E-state index contributed by atoms with van der Waals surface area (Å²) in [5.74, 6) is 7.58. The minimum absolute atomic E-state index is 0.194. The number of aromatic hydroxyl groups is 1. The number of allylic oxidation sites excluding steroid dienone is 2. The lowest BCUT2D eigenvalue weighted by atomic mass is 9.64. The van der Waals surface area contributed by atoms with Crippen LogP contribution in [0.4, 0.5) is 0 Å². The van der Waals surface area contributed by atoms with Crippen LogP contribution in [-0.2, 0) is 6.42 Å². The molecule has 2 aromatic carbocycles. The Morgan fingerprint density at radius 1 is 1.26 bits per heavy atom. The number of rotatable bonds is 0. The molecule has 0 bridgehead atoms. The molecule has 0 fully saturated rings. The Kier molecular flexibility index (Phi) is 3.23. The highest BCUT2D eigenvalue weighted by molar-refractivity contribution is 5.88. The monoisotopic (exact) mass is 302 g/mol. The van der Waals surface area contributed by atoms with Crippen LogP contribution in [0, 0.1) is 17.3 Å². The highest BCUT2D eigenvalue weighted by Crippen LogP contribution is 2.56. The van der Waals surface area contributed by atoms with Crippen LogP contribution in [0.5, 0.6) is 5.75 Å². The van der Waals surface area contributed by atoms with Crippen molar-refractivity contribution in [2.75, 3.05) is 0 Å². The molecular weight excluding hydrogens is 280 g/mol. The Morgan fingerprint density at radius 3 is 2.96 bits per heavy atom. The average molecular weight is 302 g/mol. The lowest BCUT2D eigenvalue weighted by Gasteiger charge is -2.39. The first-order chi connectivity index (χ1) is 11.1. The zero-order valence-corrected chi connectivity index (χ0v) is 13.8. The smallest absolute Gasteiger partial charge is 0.116 e. The Hall–Kier alpha value is -2.20. The average Bonchev–Trinajstić information content (AvgIpc) is 2.89. The van der Waals surface area contributed by atoms with Crippen molar-refractivity contribution < 1.29 is 5.11 Å². The summed E-state index contributed by atoms with van der Waals surface area (Å²) in [6, 6.07) is 10.2. The van der Waals surface area contributed by atoms with Gasteiger partial charge >= 0.3 is 0 Å². The van der Waals surface area contributed by atoms with Gasteiger partial charge in [-0.05, 0) is 59.2 Å². The fourth-order valence-electron chi connectivity index (χ4n) is 4.46. The van der Waals surface area contributed by atoms with Crippen molar-refractivity contribution in [3.05, 3.63) is 53.1 Å². The third-order valence-electron chi connectivity index (χ3n) is 5.76. The van der Waals surface area contributed by atoms with Gasteiger partial charge in [0.1, 0.15) is 5.75 Å². The van der Waals surface area contributed by atoms with Gasteiger partial charge in [0.05, 0.1) is 0 Å². The Balaban J connectivity index is 1.82. The maximum absolute atomic E-state index is 9.72. The first-order valence-electron chi connectivity index (χ1n) is 8.57. The second-order valence-electron chi connectivity index (χ2n) is 7.02. The molecule has 1 heteroatoms. The molecule has 0 radical (unpaired) electrons. The van der Waals surface area contributed by atoms with Crippen molar-refractivity contribution in [1.29, 1.82) is 0 Å². The summed E-state index contributed by atoms with van der Waals surface area (Å²) >= 11 is 0. The molecule has 23 heavy (non-hydrogen) atoms. The van der Waals surface area contributed by atoms with E-state index in [-0.39, 0.29) is 5.41 Å². The van der Waals surface area contributed by atoms with Crippen LogP contribution >= 0.6 is 0 Å². The van der Waals surface area contributed by atoms with Gasteiger partial charge in [-0.3, -0.25) is 0 Å². The summed E-state index contributed by atoms with van der Waals surface area (Å²) in [6.45, 7) is 4.50. The molecule has 0 saturated heterocycles. The highest BCUT2D eigenvalue weighted by atomic mass is 16.3. The van der Waals surface area contributed by atoms with Crippen molar-refractivity contribution in [3.8, 4) is 17.6 Å². The molecule has 0 heterocycles. The van der Waals surface area contributed by atoms with Crippen LogP contribution < -0.4 is 0 Å². The SMILES string of the molecule is CCC#CC1=CCC2c3ccc4cc(O)ccc4c3CC[C@]12C. The molecule has 2 atom stereocenters. The van der Waals surface area contributed by atoms with E-state index >= 15 is 0 Å². The molecule has 2 aromatic rings. The van der Waals surface area contributed by atoms with Crippen LogP contribution in [0.3, 0.4) is 0 Å². The van der Waals surface area contributed by atoms with E-state index in [1.165, 1.54) is 22.1 Å². The molecule has 1 nitrogen and oxygen atoms in total. The highest BCUT2D eigenvalue weighted by Gasteiger charge is 2.44. The van der Waals surface area contributed by atoms with Crippen LogP contribution in [0.15, 0.2) is 42.0 Å². The molecule has 0 aliphatic heterocycles. The summed E-state index contributed by atoms with van der Waals surface area (Å²) in [4.78, 5) is 0. The molecule has 0 aromatic heterocycles. The van der Waals surface area contributed by atoms with E-state index in [2.05, 4.69) is 50.0 Å². The van der Waals surface area contributed by atoms with Gasteiger partial charge < -0.3 is 5.11 Å². The lowest BCUT2D eigenvalue weighted by Crippen LogP contribution is -2.29. The largest absolute Gasteiger partial charge is 0.508 e. The van der Waals surface area contributed by atoms with E-state index in [0.717, 1.165) is 31.1 Å². The fraction of sp³-hybridized carbons (Fsp3) is 0.364. The van der Waals surface area contributed by atoms with Crippen LogP contribution in [0.25, 0.3) is 10.8 Å². The number of phenolic OH excluding ortho intramolecular Hbond substituents is 1. The van der Waals surface area contributed by atoms with Gasteiger partial charge in [-0.15, -0.1) is 0 Å². The van der Waals surface area contributed by atoms with Gasteiger partial charge in [-0.2, -0.15) is 0 Å². The molecular formula is C22H22O. The van der Waals surface area contributed by atoms with Crippen molar-refractivity contribution >= 4 is 10.8 Å². The number of phenols is 1. The summed E-state index contributed by atoms with van der Waals surface area (Å²) in [7, 11) is 0. The maximum Gasteiger partial charge on any atom is 0.116 e. The quantitative estimate of drug-likeness (QED) is 0.653. The predicted octanol–water partition coefficient (Wildman–Crippen LogP) is 5.33. The molecule has 0 amide bonds. The topological polar surface area (TPSA) is 20.2 Å². The molecule has 4 rings (SSSR count). The number of hydrogen-bond acceptors (Lipinski definition) is 1. The first-order valence-corrected chi connectivity index (χ1v) is 8.57. The molecule has 2 aliphatic carbocycles. The number of aryl methyl sites for hydroxylation is 1. The van der Waals surface area contributed by atoms with Crippen LogP contribution in [0.2, 0.25) is 0 Å². The second-order valence-corrected chi connectivity index (χ2v) is 7.02. The van der Waals surface area contributed by atoms with Gasteiger partial charge in [-0.1, -0.05) is 50.0 Å². The lowest BCUT2D eigenvalue weighted by molar-refractivity contribution is 0.301. The minimum atomic E-state index is 0.194. The van der Waals surface area contributed by atoms with Crippen molar-refractivity contribution in [3.63, 3.8) is 0 Å². The number of fused-ring (bicyclic) bond motifs is 5. The minimum Gasteiger partial charge on any atom is -0.508 e. The van der Waals surface area contributed by atoms with E-state index < -0.39 is 0 Å². The van der Waals surface area contributed by atoms with E-state index in [9.17, 15) is 5.11 Å². The summed E-state index contributed by atoms with van der Waals surface area (Å²) in [6.07, 6.45) is 6.64. The maximum atomic E-state index is 9.72. The molecule has 2 aliphatic rings. The summed E-state index contributed by atoms with van der Waals surface area (Å²) < 4.78 is 0. The van der Waals surface area contributed by atoms with E-state index in [1.807, 2.05) is 12.1 Å².